The van der Waals surface area contributed by atoms with E-state index in [1.165, 1.54) is 193 Å². The molecule has 428 valence electrons. The van der Waals surface area contributed by atoms with Crippen molar-refractivity contribution in [1.82, 2.24) is 0 Å². The lowest BCUT2D eigenvalue weighted by molar-refractivity contribution is 0.0592. The Bertz CT molecular complexity index is 2400. The highest BCUT2D eigenvalue weighted by Crippen LogP contribution is 2.36. The van der Waals surface area contributed by atoms with Gasteiger partial charge < -0.3 is 26.0 Å². The zero-order valence-corrected chi connectivity index (χ0v) is 50.8. The molecule has 9 rings (SSSR count). The van der Waals surface area contributed by atoms with Crippen molar-refractivity contribution in [2.75, 3.05) is 14.2 Å². The van der Waals surface area contributed by atoms with Gasteiger partial charge in [0.25, 0.3) is 0 Å². The first-order valence-corrected chi connectivity index (χ1v) is 32.6. The summed E-state index contributed by atoms with van der Waals surface area (Å²) in [6.45, 7) is 0.647. The number of thioether (sulfide) groups is 4. The monoisotopic (exact) mass is 1170 g/mol. The van der Waals surface area contributed by atoms with E-state index in [-0.39, 0.29) is 17.8 Å². The molecule has 4 saturated carbocycles. The fourth-order valence-electron chi connectivity index (χ4n) is 9.79. The summed E-state index contributed by atoms with van der Waals surface area (Å²) in [7, 11) is 2.77. The van der Waals surface area contributed by atoms with Crippen LogP contribution in [0, 0.1) is 0 Å². The van der Waals surface area contributed by atoms with Crippen LogP contribution in [-0.4, -0.2) is 64.1 Å². The minimum absolute atomic E-state index is 0.263. The number of carboxylic acid groups (broad SMARTS) is 1. The van der Waals surface area contributed by atoms with Crippen LogP contribution >= 0.6 is 59.7 Å². The molecule has 79 heavy (non-hydrogen) atoms. The fraction of sp³-hybridized carbons (Fsp3) is 0.477. The molecule has 0 bridgehead atoms. The number of hydrogen-bond donors (Lipinski definition) is 4. The van der Waals surface area contributed by atoms with Gasteiger partial charge in [-0.15, -0.1) is 59.7 Å². The average Bonchev–Trinajstić information content (AvgIpc) is 4.10. The maximum absolute atomic E-state index is 11.3. The molecule has 0 saturated heterocycles. The fourth-order valence-corrected chi connectivity index (χ4v) is 14.9. The lowest BCUT2D eigenvalue weighted by atomic mass is 10.2. The van der Waals surface area contributed by atoms with Gasteiger partial charge in [0.05, 0.1) is 30.9 Å². The first-order chi connectivity index (χ1) is 38.4. The highest BCUT2D eigenvalue weighted by atomic mass is 32.2. The number of hydrogen-bond acceptors (Lipinski definition) is 12. The molecule has 4 fully saturated rings. The van der Waals surface area contributed by atoms with Crippen LogP contribution in [0.1, 0.15) is 201 Å². The van der Waals surface area contributed by atoms with Crippen molar-refractivity contribution in [3.8, 4) is 0 Å². The van der Waals surface area contributed by atoms with Crippen LogP contribution in [0.3, 0.4) is 0 Å². The maximum Gasteiger partial charge on any atom is 0.337 e. The van der Waals surface area contributed by atoms with Gasteiger partial charge in [-0.25, -0.2) is 14.4 Å². The number of primary amides is 1. The molecule has 0 aliphatic heterocycles. The second kappa shape index (κ2) is 38.4. The molecule has 0 heterocycles. The zero-order valence-electron chi connectivity index (χ0n) is 46.7. The summed E-state index contributed by atoms with van der Waals surface area (Å²) in [5, 5.41) is 11.9. The number of carbonyl (C=O) groups excluding carboxylic acids is 3. The molecule has 1 amide bonds. The van der Waals surface area contributed by atoms with Gasteiger partial charge in [-0.3, -0.25) is 4.79 Å². The number of ether oxygens (including phenoxy) is 2. The lowest BCUT2D eigenvalue weighted by Gasteiger charge is -2.13. The zero-order chi connectivity index (χ0) is 56.5. The minimum Gasteiger partial charge on any atom is -0.478 e. The highest BCUT2D eigenvalue weighted by molar-refractivity contribution is 8.00. The summed E-state index contributed by atoms with van der Waals surface area (Å²) in [5.41, 5.74) is 14.2. The largest absolute Gasteiger partial charge is 0.478 e. The normalized spacial score (nSPS) is 16.5. The second-order valence-corrected chi connectivity index (χ2v) is 26.6. The third-order valence-electron chi connectivity index (χ3n) is 14.4. The summed E-state index contributed by atoms with van der Waals surface area (Å²) >= 11 is 11.9. The Hall–Kier alpha value is -4.31. The molecule has 14 heteroatoms. The summed E-state index contributed by atoms with van der Waals surface area (Å²) in [4.78, 5) is 49.9. The second-order valence-electron chi connectivity index (χ2n) is 20.5. The first kappa shape index (κ1) is 65.5. The van der Waals surface area contributed by atoms with Crippen molar-refractivity contribution in [3.05, 3.63) is 149 Å². The van der Waals surface area contributed by atoms with Crippen LogP contribution in [-0.2, 0) is 16.0 Å². The van der Waals surface area contributed by atoms with Crippen molar-refractivity contribution in [1.29, 1.82) is 0 Å². The van der Waals surface area contributed by atoms with E-state index in [2.05, 4.69) is 53.4 Å². The number of thiol groups is 1. The molecule has 9 nitrogen and oxygen atoms in total. The number of nitrogens with two attached hydrogens (primary N) is 2. The molecule has 0 spiro atoms. The molecule has 0 unspecified atom stereocenters. The van der Waals surface area contributed by atoms with Gasteiger partial charge in [0.15, 0.2) is 0 Å². The maximum atomic E-state index is 11.3. The Morgan fingerprint density at radius 3 is 0.924 bits per heavy atom. The predicted molar refractivity (Wildman–Crippen MR) is 335 cm³/mol. The number of benzene rings is 5. The van der Waals surface area contributed by atoms with E-state index in [0.29, 0.717) is 34.0 Å². The Morgan fingerprint density at radius 2 is 0.671 bits per heavy atom. The van der Waals surface area contributed by atoms with Gasteiger partial charge >= 0.3 is 17.9 Å². The third-order valence-corrected chi connectivity index (χ3v) is 20.1. The molecule has 4 aliphatic carbocycles. The van der Waals surface area contributed by atoms with E-state index < -0.39 is 5.97 Å². The first-order valence-electron chi connectivity index (χ1n) is 28.7. The number of rotatable bonds is 13. The van der Waals surface area contributed by atoms with Gasteiger partial charge in [0.1, 0.15) is 0 Å². The number of aromatic carboxylic acids is 1. The molecule has 0 radical (unpaired) electrons. The van der Waals surface area contributed by atoms with Crippen molar-refractivity contribution in [2.45, 2.75) is 206 Å². The van der Waals surface area contributed by atoms with Crippen LogP contribution in [0.4, 0.5) is 0 Å². The number of carbonyl (C=O) groups is 4. The Balaban J connectivity index is 0.000000183. The quantitative estimate of drug-likeness (QED) is 0.0503. The standard InChI is InChI=1S/C15H20O2S.C14H19NOS.C14H21NS.C14H18O2S.C8H8O2S/c1-17-15(16)12-8-10-14(11-9-12)18-13-6-4-2-3-5-7-13;15-14(16)11-7-9-13(10-8-11)17-12-5-3-1-2-4-6-12;15-11-12-7-9-14(10-8-12)16-13-5-3-1-2-4-6-13;15-14(16)11-7-9-13(10-8-11)17-12-5-3-1-2-4-6-12;1-10-8(9)6-2-4-7(11)5-3-6/h8-11,13H,2-7H2,1H3;7-10,12H,1-6H2,(H2,15,16);7-10,13H,1-6,11,15H2;7-10,12H,1-6H2,(H,15,16);2-5,11H,1H3. The molecule has 4 aliphatic rings. The number of amides is 1. The molecule has 5 N–H and O–H groups in total. The number of esters is 2. The smallest absolute Gasteiger partial charge is 0.337 e. The van der Waals surface area contributed by atoms with E-state index >= 15 is 0 Å². The van der Waals surface area contributed by atoms with Crippen LogP contribution in [0.25, 0.3) is 0 Å². The van der Waals surface area contributed by atoms with Gasteiger partial charge in [0, 0.05) is 57.6 Å². The SMILES string of the molecule is COC(=O)c1ccc(S)cc1.COC(=O)c1ccc(SC2CCCCCC2)cc1.NC(=O)c1ccc(SC2CCCCCC2)cc1.NCc1ccc(SC2CCCCCC2)cc1.O=C(O)c1ccc(SC2CCCCCC2)cc1. The Morgan fingerprint density at radius 1 is 0.418 bits per heavy atom. The predicted octanol–water partition coefficient (Wildman–Crippen LogP) is 17.8. The Kier molecular flexibility index (Phi) is 31.8. The summed E-state index contributed by atoms with van der Waals surface area (Å²) < 4.78 is 9.21. The van der Waals surface area contributed by atoms with E-state index in [9.17, 15) is 19.2 Å². The van der Waals surface area contributed by atoms with Crippen LogP contribution in [0.2, 0.25) is 0 Å². The number of methoxy groups -OCH3 is 2. The summed E-state index contributed by atoms with van der Waals surface area (Å²) in [6.07, 6.45) is 32.8. The molecular formula is C65H86N2O7S5. The van der Waals surface area contributed by atoms with Crippen molar-refractivity contribution >= 4 is 83.5 Å². The summed E-state index contributed by atoms with van der Waals surface area (Å²) in [5.74, 6) is -1.79. The molecule has 0 aromatic heterocycles. The Labute approximate surface area is 494 Å². The van der Waals surface area contributed by atoms with Crippen LogP contribution in [0.15, 0.2) is 146 Å². The van der Waals surface area contributed by atoms with Gasteiger partial charge in [0.2, 0.25) is 5.91 Å². The number of carboxylic acids is 1. The van der Waals surface area contributed by atoms with E-state index in [0.717, 1.165) is 20.6 Å². The molecule has 5 aromatic carbocycles. The molecule has 5 aromatic rings. The minimum atomic E-state index is -0.851. The van der Waals surface area contributed by atoms with Crippen molar-refractivity contribution in [3.63, 3.8) is 0 Å². The van der Waals surface area contributed by atoms with E-state index in [4.69, 9.17) is 21.3 Å². The average molecular weight is 1170 g/mol. The molecule has 0 atom stereocenters. The van der Waals surface area contributed by atoms with Gasteiger partial charge in [-0.1, -0.05) is 115 Å². The lowest BCUT2D eigenvalue weighted by Crippen LogP contribution is -2.10. The van der Waals surface area contributed by atoms with Crippen molar-refractivity contribution < 1.29 is 33.8 Å². The highest BCUT2D eigenvalue weighted by Gasteiger charge is 2.17. The third kappa shape index (κ3) is 26.4. The van der Waals surface area contributed by atoms with Crippen molar-refractivity contribution in [2.24, 2.45) is 11.5 Å². The van der Waals surface area contributed by atoms with E-state index in [1.54, 1.807) is 36.4 Å². The van der Waals surface area contributed by atoms with Crippen LogP contribution < -0.4 is 11.5 Å². The van der Waals surface area contributed by atoms with E-state index in [1.807, 2.05) is 95.9 Å². The van der Waals surface area contributed by atoms with Crippen LogP contribution in [0.5, 0.6) is 0 Å². The van der Waals surface area contributed by atoms with Gasteiger partial charge in [-0.05, 0) is 166 Å². The van der Waals surface area contributed by atoms with Gasteiger partial charge in [-0.2, -0.15) is 0 Å². The topological polar surface area (TPSA) is 159 Å². The molecular weight excluding hydrogens is 1080 g/mol. The summed E-state index contributed by atoms with van der Waals surface area (Å²) in [6, 6.07) is 38.3.